The molecule has 1 saturated heterocycles. The lowest BCUT2D eigenvalue weighted by Crippen LogP contribution is -2.59. The van der Waals surface area contributed by atoms with Gasteiger partial charge in [-0.3, -0.25) is 9.59 Å². The van der Waals surface area contributed by atoms with Crippen LogP contribution < -0.4 is 10.1 Å². The molecule has 0 aromatic carbocycles. The molecule has 1 atom stereocenters. The summed E-state index contributed by atoms with van der Waals surface area (Å²) in [5.41, 5.74) is 2.97. The van der Waals surface area contributed by atoms with Crippen LogP contribution in [0.25, 0.3) is 5.57 Å². The molecule has 28 heavy (non-hydrogen) atoms. The second-order valence-corrected chi connectivity index (χ2v) is 7.55. The third-order valence-corrected chi connectivity index (χ3v) is 5.42. The van der Waals surface area contributed by atoms with E-state index < -0.39 is 0 Å². The van der Waals surface area contributed by atoms with Crippen LogP contribution in [0.2, 0.25) is 0 Å². The van der Waals surface area contributed by atoms with Crippen LogP contribution >= 0.6 is 0 Å². The van der Waals surface area contributed by atoms with Crippen molar-refractivity contribution in [3.8, 4) is 5.88 Å². The second kappa shape index (κ2) is 7.61. The van der Waals surface area contributed by atoms with Crippen LogP contribution in [-0.2, 0) is 9.59 Å². The normalized spacial score (nSPS) is 22.1. The van der Waals surface area contributed by atoms with Crippen LogP contribution in [0, 0.1) is 0 Å². The zero-order chi connectivity index (χ0) is 19.7. The Kier molecular flexibility index (Phi) is 5.02. The molecule has 1 aromatic rings. The molecule has 0 saturated carbocycles. The van der Waals surface area contributed by atoms with Crippen molar-refractivity contribution in [1.29, 1.82) is 0 Å². The Balaban J connectivity index is 1.36. The number of hydrogen-bond acceptors (Lipinski definition) is 6. The number of likely N-dealkylation sites (tertiary alicyclic amines) is 1. The average Bonchev–Trinajstić information content (AvgIpc) is 3.11. The standard InChI is InChI=1S/C20H25N5O3/c1-13-9-17(23-10-13)20(27)25-11-16(12-25)28-19-18(21-5-6-22-19)15-3-7-24(8-4-15)14(2)26/h3,5-6,10,16-17,23H,4,7-9,11-12H2,1-2H3. The first kappa shape index (κ1) is 18.5. The minimum atomic E-state index is -0.148. The molecule has 3 aliphatic rings. The first-order valence-electron chi connectivity index (χ1n) is 9.64. The molecule has 3 aliphatic heterocycles. The van der Waals surface area contributed by atoms with E-state index in [1.165, 1.54) is 5.57 Å². The zero-order valence-electron chi connectivity index (χ0n) is 16.2. The van der Waals surface area contributed by atoms with Gasteiger partial charge < -0.3 is 19.9 Å². The molecular formula is C20H25N5O3. The van der Waals surface area contributed by atoms with Crippen molar-refractivity contribution in [2.75, 3.05) is 26.2 Å². The van der Waals surface area contributed by atoms with Gasteiger partial charge in [0.2, 0.25) is 17.7 Å². The molecule has 4 heterocycles. The summed E-state index contributed by atoms with van der Waals surface area (Å²) in [5.74, 6) is 0.692. The van der Waals surface area contributed by atoms with Crippen molar-refractivity contribution in [3.63, 3.8) is 0 Å². The van der Waals surface area contributed by atoms with Gasteiger partial charge in [-0.15, -0.1) is 0 Å². The summed E-state index contributed by atoms with van der Waals surface area (Å²) in [7, 11) is 0. The topological polar surface area (TPSA) is 87.7 Å². The molecule has 1 fully saturated rings. The van der Waals surface area contributed by atoms with Crippen molar-refractivity contribution in [2.45, 2.75) is 38.8 Å². The first-order valence-corrected chi connectivity index (χ1v) is 9.64. The molecule has 0 aliphatic carbocycles. The number of nitrogens with zero attached hydrogens (tertiary/aromatic N) is 4. The SMILES string of the molecule is CC(=O)N1CC=C(c2nccnc2OC2CN(C(=O)C3CC(C)=CN3)C2)CC1. The molecule has 4 rings (SSSR count). The van der Waals surface area contributed by atoms with Crippen LogP contribution in [0.1, 0.15) is 32.4 Å². The quantitative estimate of drug-likeness (QED) is 0.834. The van der Waals surface area contributed by atoms with Gasteiger partial charge in [0, 0.05) is 32.4 Å². The van der Waals surface area contributed by atoms with E-state index in [1.807, 2.05) is 24.1 Å². The third-order valence-electron chi connectivity index (χ3n) is 5.42. The minimum absolute atomic E-state index is 0.0761. The summed E-state index contributed by atoms with van der Waals surface area (Å²) < 4.78 is 6.05. The Morgan fingerprint density at radius 3 is 2.64 bits per heavy atom. The molecule has 1 unspecified atom stereocenters. The number of nitrogens with one attached hydrogen (secondary N) is 1. The van der Waals surface area contributed by atoms with Crippen molar-refractivity contribution >= 4 is 17.4 Å². The van der Waals surface area contributed by atoms with Crippen LogP contribution in [0.3, 0.4) is 0 Å². The van der Waals surface area contributed by atoms with Gasteiger partial charge in [-0.05, 0) is 31.5 Å². The fourth-order valence-electron chi connectivity index (χ4n) is 3.71. The van der Waals surface area contributed by atoms with E-state index in [9.17, 15) is 9.59 Å². The predicted octanol–water partition coefficient (Wildman–Crippen LogP) is 0.967. The van der Waals surface area contributed by atoms with Gasteiger partial charge in [0.1, 0.15) is 17.8 Å². The number of aromatic nitrogens is 2. The Hall–Kier alpha value is -2.90. The van der Waals surface area contributed by atoms with Gasteiger partial charge >= 0.3 is 0 Å². The molecule has 1 aromatic heterocycles. The van der Waals surface area contributed by atoms with Gasteiger partial charge in [0.05, 0.1) is 13.1 Å². The Bertz CT molecular complexity index is 844. The fraction of sp³-hybridized carbons (Fsp3) is 0.500. The Morgan fingerprint density at radius 1 is 1.21 bits per heavy atom. The van der Waals surface area contributed by atoms with E-state index in [4.69, 9.17) is 4.74 Å². The second-order valence-electron chi connectivity index (χ2n) is 7.55. The monoisotopic (exact) mass is 383 g/mol. The van der Waals surface area contributed by atoms with Crippen molar-refractivity contribution in [2.24, 2.45) is 0 Å². The molecular weight excluding hydrogens is 358 g/mol. The average molecular weight is 383 g/mol. The smallest absolute Gasteiger partial charge is 0.245 e. The molecule has 8 nitrogen and oxygen atoms in total. The molecule has 0 radical (unpaired) electrons. The zero-order valence-corrected chi connectivity index (χ0v) is 16.2. The highest BCUT2D eigenvalue weighted by Crippen LogP contribution is 2.29. The highest BCUT2D eigenvalue weighted by molar-refractivity contribution is 5.83. The molecule has 0 spiro atoms. The maximum absolute atomic E-state index is 12.5. The highest BCUT2D eigenvalue weighted by Gasteiger charge is 2.37. The summed E-state index contributed by atoms with van der Waals surface area (Å²) >= 11 is 0. The number of ether oxygens (including phenoxy) is 1. The summed E-state index contributed by atoms with van der Waals surface area (Å²) in [6.45, 7) is 5.97. The Morgan fingerprint density at radius 2 is 2.00 bits per heavy atom. The molecule has 1 N–H and O–H groups in total. The van der Waals surface area contributed by atoms with Crippen LogP contribution in [0.15, 0.2) is 30.2 Å². The largest absolute Gasteiger partial charge is 0.469 e. The molecule has 2 amide bonds. The lowest BCUT2D eigenvalue weighted by atomic mass is 10.0. The summed E-state index contributed by atoms with van der Waals surface area (Å²) in [6, 6.07) is -0.148. The summed E-state index contributed by atoms with van der Waals surface area (Å²) in [6.07, 6.45) is 8.60. The lowest BCUT2D eigenvalue weighted by Gasteiger charge is -2.40. The number of carbonyl (C=O) groups excluding carboxylic acids is 2. The number of rotatable bonds is 4. The number of amides is 2. The maximum Gasteiger partial charge on any atom is 0.245 e. The predicted molar refractivity (Wildman–Crippen MR) is 103 cm³/mol. The fourth-order valence-corrected chi connectivity index (χ4v) is 3.71. The first-order chi connectivity index (χ1) is 13.5. The summed E-state index contributed by atoms with van der Waals surface area (Å²) in [5, 5.41) is 3.13. The lowest BCUT2D eigenvalue weighted by molar-refractivity contribution is -0.142. The van der Waals surface area contributed by atoms with E-state index in [1.54, 1.807) is 24.2 Å². The summed E-state index contributed by atoms with van der Waals surface area (Å²) in [4.78, 5) is 36.4. The minimum Gasteiger partial charge on any atom is -0.469 e. The van der Waals surface area contributed by atoms with E-state index >= 15 is 0 Å². The highest BCUT2D eigenvalue weighted by atomic mass is 16.5. The van der Waals surface area contributed by atoms with Gasteiger partial charge in [-0.2, -0.15) is 0 Å². The molecule has 148 valence electrons. The van der Waals surface area contributed by atoms with Gasteiger partial charge in [-0.25, -0.2) is 9.97 Å². The third kappa shape index (κ3) is 3.72. The van der Waals surface area contributed by atoms with E-state index in [0.717, 1.165) is 24.1 Å². The number of hydrogen-bond donors (Lipinski definition) is 1. The number of carbonyl (C=O) groups is 2. The van der Waals surface area contributed by atoms with E-state index in [0.29, 0.717) is 32.1 Å². The van der Waals surface area contributed by atoms with Crippen LogP contribution in [0.5, 0.6) is 5.88 Å². The Labute approximate surface area is 164 Å². The molecule has 0 bridgehead atoms. The van der Waals surface area contributed by atoms with Crippen LogP contribution in [-0.4, -0.2) is 69.9 Å². The maximum atomic E-state index is 12.5. The van der Waals surface area contributed by atoms with Gasteiger partial charge in [-0.1, -0.05) is 11.6 Å². The van der Waals surface area contributed by atoms with E-state index in [2.05, 4.69) is 15.3 Å². The van der Waals surface area contributed by atoms with Gasteiger partial charge in [0.25, 0.3) is 0 Å². The van der Waals surface area contributed by atoms with Crippen LogP contribution in [0.4, 0.5) is 0 Å². The van der Waals surface area contributed by atoms with Crippen molar-refractivity contribution < 1.29 is 14.3 Å². The van der Waals surface area contributed by atoms with Crippen molar-refractivity contribution in [3.05, 3.63) is 35.9 Å². The molecule has 8 heteroatoms. The van der Waals surface area contributed by atoms with Crippen molar-refractivity contribution in [1.82, 2.24) is 25.1 Å². The van der Waals surface area contributed by atoms with E-state index in [-0.39, 0.29) is 24.0 Å². The van der Waals surface area contributed by atoms with Gasteiger partial charge in [0.15, 0.2) is 0 Å².